The van der Waals surface area contributed by atoms with E-state index in [-0.39, 0.29) is 33.5 Å². The molecule has 47 heavy (non-hydrogen) atoms. The van der Waals surface area contributed by atoms with Crippen LogP contribution in [0.3, 0.4) is 0 Å². The third kappa shape index (κ3) is 6.60. The zero-order valence-corrected chi connectivity index (χ0v) is 26.8. The van der Waals surface area contributed by atoms with Crippen molar-refractivity contribution in [2.24, 2.45) is 0 Å². The summed E-state index contributed by atoms with van der Waals surface area (Å²) in [5.74, 6) is 0.517. The summed E-state index contributed by atoms with van der Waals surface area (Å²) in [5.41, 5.74) is -0.145. The summed E-state index contributed by atoms with van der Waals surface area (Å²) in [5, 5.41) is 10.3. The number of hydrogen-bond donors (Lipinski definition) is 2. The largest absolute Gasteiger partial charge is 0.419 e. The molecule has 1 aromatic carbocycles. The van der Waals surface area contributed by atoms with Crippen molar-refractivity contribution in [1.29, 1.82) is 0 Å². The van der Waals surface area contributed by atoms with E-state index in [1.807, 2.05) is 0 Å². The van der Waals surface area contributed by atoms with Gasteiger partial charge < -0.3 is 19.9 Å². The molecule has 1 saturated carbocycles. The lowest BCUT2D eigenvalue weighted by atomic mass is 10.1. The summed E-state index contributed by atoms with van der Waals surface area (Å²) in [6, 6.07) is 10.8. The van der Waals surface area contributed by atoms with Crippen LogP contribution in [0.25, 0.3) is 33.5 Å². The van der Waals surface area contributed by atoms with E-state index in [2.05, 4.69) is 30.7 Å². The summed E-state index contributed by atoms with van der Waals surface area (Å²) < 4.78 is 81.5. The highest BCUT2D eigenvalue weighted by atomic mass is 32.2. The highest BCUT2D eigenvalue weighted by Gasteiger charge is 2.37. The molecule has 2 N–H and O–H groups in total. The fourth-order valence-corrected chi connectivity index (χ4v) is 7.03. The second kappa shape index (κ2) is 13.0. The number of aromatic nitrogens is 5. The Labute approximate surface area is 269 Å². The van der Waals surface area contributed by atoms with Gasteiger partial charge in [0.2, 0.25) is 5.95 Å². The molecule has 0 bridgehead atoms. The second-order valence-corrected chi connectivity index (χ2v) is 13.3. The molecule has 2 fully saturated rings. The van der Waals surface area contributed by atoms with Gasteiger partial charge in [-0.15, -0.1) is 0 Å². The highest BCUT2D eigenvalue weighted by Crippen LogP contribution is 2.41. The van der Waals surface area contributed by atoms with Crippen molar-refractivity contribution < 1.29 is 30.8 Å². The van der Waals surface area contributed by atoms with Crippen molar-refractivity contribution in [1.82, 2.24) is 29.4 Å². The standard InChI is InChI=1S/C28H25F3N6O3S.C4H9NO/c1-16-24(17(2)40-36-16)23-13-12-20-21(15-37(26(20)34-23)41(38,39)19-10-4-3-5-11-19)25-22(28(29,30)31)14-32-27(35-25)33-18-8-6-7-9-18;1-6-4-2-5-3-4/h3-5,10-15,18H,6-9H2,1-2H3,(H,32,33,35);4-5H,2-3H2,1H3. The molecule has 1 saturated heterocycles. The predicted octanol–water partition coefficient (Wildman–Crippen LogP) is 5.98. The Bertz CT molecular complexity index is 1960. The normalized spacial score (nSPS) is 15.8. The fraction of sp³-hybridized carbons (Fsp3) is 0.375. The smallest absolute Gasteiger partial charge is 0.379 e. The number of alkyl halides is 3. The monoisotopic (exact) mass is 669 g/mol. The molecule has 0 radical (unpaired) electrons. The molecule has 1 aliphatic carbocycles. The molecular formula is C32H34F3N7O4S. The average Bonchev–Trinajstić information content (AvgIpc) is 3.75. The topological polar surface area (TPSA) is 137 Å². The van der Waals surface area contributed by atoms with Crippen LogP contribution in [-0.4, -0.2) is 64.8 Å². The van der Waals surface area contributed by atoms with E-state index in [4.69, 9.17) is 9.26 Å². The first-order valence-electron chi connectivity index (χ1n) is 15.2. The molecule has 5 aromatic rings. The molecule has 0 amide bonds. The molecule has 1 aliphatic heterocycles. The van der Waals surface area contributed by atoms with Gasteiger partial charge in [0, 0.05) is 49.6 Å². The molecule has 0 atom stereocenters. The number of methoxy groups -OCH3 is 1. The van der Waals surface area contributed by atoms with Crippen molar-refractivity contribution in [3.05, 3.63) is 71.9 Å². The minimum absolute atomic E-state index is 0.0403. The van der Waals surface area contributed by atoms with Crippen LogP contribution in [0, 0.1) is 13.8 Å². The Balaban J connectivity index is 0.000000580. The molecule has 2 aliphatic rings. The molecule has 7 rings (SSSR count). The molecule has 11 nitrogen and oxygen atoms in total. The quantitative estimate of drug-likeness (QED) is 0.213. The number of hydrogen-bond acceptors (Lipinski definition) is 10. The minimum Gasteiger partial charge on any atom is -0.379 e. The van der Waals surface area contributed by atoms with Crippen molar-refractivity contribution in [3.63, 3.8) is 0 Å². The number of anilines is 1. The number of rotatable bonds is 7. The lowest BCUT2D eigenvalue weighted by Crippen LogP contribution is -2.47. The van der Waals surface area contributed by atoms with Crippen LogP contribution in [-0.2, 0) is 20.9 Å². The number of halogens is 3. The fourth-order valence-electron chi connectivity index (χ4n) is 5.69. The van der Waals surface area contributed by atoms with Crippen LogP contribution in [0.15, 0.2) is 64.3 Å². The van der Waals surface area contributed by atoms with Gasteiger partial charge in [-0.1, -0.05) is 36.2 Å². The summed E-state index contributed by atoms with van der Waals surface area (Å²) in [6.07, 6.45) is 1.34. The van der Waals surface area contributed by atoms with Gasteiger partial charge in [0.15, 0.2) is 5.65 Å². The predicted molar refractivity (Wildman–Crippen MR) is 169 cm³/mol. The third-order valence-corrected chi connectivity index (χ3v) is 9.99. The minimum atomic E-state index is -4.79. The van der Waals surface area contributed by atoms with Crippen LogP contribution in [0.5, 0.6) is 0 Å². The lowest BCUT2D eigenvalue weighted by Gasteiger charge is -2.24. The Morgan fingerprint density at radius 2 is 1.77 bits per heavy atom. The number of benzene rings is 1. The molecule has 4 aromatic heterocycles. The second-order valence-electron chi connectivity index (χ2n) is 11.5. The summed E-state index contributed by atoms with van der Waals surface area (Å²) in [7, 11) is -2.52. The van der Waals surface area contributed by atoms with Crippen LogP contribution >= 0.6 is 0 Å². The summed E-state index contributed by atoms with van der Waals surface area (Å²) in [4.78, 5) is 12.8. The van der Waals surface area contributed by atoms with Gasteiger partial charge in [-0.05, 0) is 51.0 Å². The highest BCUT2D eigenvalue weighted by molar-refractivity contribution is 7.90. The van der Waals surface area contributed by atoms with E-state index >= 15 is 0 Å². The van der Waals surface area contributed by atoms with E-state index < -0.39 is 27.5 Å². The Morgan fingerprint density at radius 3 is 2.34 bits per heavy atom. The zero-order chi connectivity index (χ0) is 33.3. The maximum Gasteiger partial charge on any atom is 0.419 e. The van der Waals surface area contributed by atoms with Gasteiger partial charge in [-0.2, -0.15) is 13.2 Å². The van der Waals surface area contributed by atoms with Crippen LogP contribution < -0.4 is 10.6 Å². The number of fused-ring (bicyclic) bond motifs is 1. The first-order valence-corrected chi connectivity index (χ1v) is 16.6. The van der Waals surface area contributed by atoms with Crippen LogP contribution in [0.4, 0.5) is 19.1 Å². The molecule has 15 heteroatoms. The Morgan fingerprint density at radius 1 is 1.04 bits per heavy atom. The van der Waals surface area contributed by atoms with Gasteiger partial charge in [-0.3, -0.25) is 0 Å². The van der Waals surface area contributed by atoms with E-state index in [1.54, 1.807) is 51.3 Å². The van der Waals surface area contributed by atoms with E-state index in [0.29, 0.717) is 28.8 Å². The van der Waals surface area contributed by atoms with Crippen molar-refractivity contribution >= 4 is 27.0 Å². The van der Waals surface area contributed by atoms with Crippen LogP contribution in [0.2, 0.25) is 0 Å². The van der Waals surface area contributed by atoms with Crippen molar-refractivity contribution in [3.8, 4) is 22.5 Å². The maximum absolute atomic E-state index is 14.3. The van der Waals surface area contributed by atoms with Gasteiger partial charge in [0.1, 0.15) is 11.3 Å². The Hall–Kier alpha value is -4.34. The number of pyridine rings is 1. The number of nitrogens with one attached hydrogen (secondary N) is 2. The van der Waals surface area contributed by atoms with Crippen molar-refractivity contribution in [2.45, 2.75) is 62.7 Å². The van der Waals surface area contributed by atoms with E-state index in [0.717, 1.165) is 55.1 Å². The van der Waals surface area contributed by atoms with E-state index in [1.165, 1.54) is 12.1 Å². The summed E-state index contributed by atoms with van der Waals surface area (Å²) in [6.45, 7) is 5.49. The SMILES string of the molecule is COC1CNC1.Cc1noc(C)c1-c1ccc2c(-c3nc(NC4CCCC4)ncc3C(F)(F)F)cn(S(=O)(=O)c3ccccc3)c2n1. The van der Waals surface area contributed by atoms with Gasteiger partial charge in [-0.25, -0.2) is 27.3 Å². The number of nitrogens with zero attached hydrogens (tertiary/aromatic N) is 5. The van der Waals surface area contributed by atoms with Crippen LogP contribution in [0.1, 0.15) is 42.7 Å². The van der Waals surface area contributed by atoms with Gasteiger partial charge >= 0.3 is 6.18 Å². The number of ether oxygens (including phenoxy) is 1. The number of aryl methyl sites for hydroxylation is 2. The van der Waals surface area contributed by atoms with Crippen molar-refractivity contribution in [2.75, 3.05) is 25.5 Å². The molecule has 248 valence electrons. The Kier molecular flexibility index (Phi) is 9.05. The maximum atomic E-state index is 14.3. The first kappa shape index (κ1) is 32.6. The molecule has 0 unspecified atom stereocenters. The van der Waals surface area contributed by atoms with E-state index in [9.17, 15) is 21.6 Å². The zero-order valence-electron chi connectivity index (χ0n) is 26.0. The lowest BCUT2D eigenvalue weighted by molar-refractivity contribution is -0.137. The molecule has 0 spiro atoms. The summed E-state index contributed by atoms with van der Waals surface area (Å²) >= 11 is 0. The molecular weight excluding hydrogens is 635 g/mol. The third-order valence-electron chi connectivity index (χ3n) is 8.32. The van der Waals surface area contributed by atoms with Gasteiger partial charge in [0.05, 0.1) is 33.6 Å². The average molecular weight is 670 g/mol. The van der Waals surface area contributed by atoms with Gasteiger partial charge in [0.25, 0.3) is 10.0 Å². The molecule has 5 heterocycles. The first-order chi connectivity index (χ1) is 22.5.